The van der Waals surface area contributed by atoms with E-state index in [-0.39, 0.29) is 5.60 Å². The Morgan fingerprint density at radius 1 is 1.28 bits per heavy atom. The highest BCUT2D eigenvalue weighted by molar-refractivity contribution is 5.84. The Morgan fingerprint density at radius 3 is 2.89 bits per heavy atom. The quantitative estimate of drug-likeness (QED) is 0.878. The molecular formula is C15H20N2O. The highest BCUT2D eigenvalue weighted by Crippen LogP contribution is 2.17. The molecule has 0 unspecified atom stereocenters. The average molecular weight is 244 g/mol. The molecule has 0 fully saturated rings. The number of benzene rings is 1. The van der Waals surface area contributed by atoms with Gasteiger partial charge < -0.3 is 10.1 Å². The predicted octanol–water partition coefficient (Wildman–Crippen LogP) is 2.75. The van der Waals surface area contributed by atoms with E-state index in [1.54, 1.807) is 7.11 Å². The van der Waals surface area contributed by atoms with Crippen LogP contribution in [0.15, 0.2) is 36.7 Å². The lowest BCUT2D eigenvalue weighted by atomic mass is 10.1. The first-order valence-corrected chi connectivity index (χ1v) is 6.20. The molecule has 3 nitrogen and oxygen atoms in total. The van der Waals surface area contributed by atoms with Gasteiger partial charge in [0.15, 0.2) is 0 Å². The number of hydrogen-bond acceptors (Lipinski definition) is 3. The number of rotatable bonds is 5. The summed E-state index contributed by atoms with van der Waals surface area (Å²) in [6.45, 7) is 5.82. The van der Waals surface area contributed by atoms with Crippen LogP contribution in [0, 0.1) is 0 Å². The maximum Gasteiger partial charge on any atom is 0.0746 e. The van der Waals surface area contributed by atoms with Gasteiger partial charge in [0.2, 0.25) is 0 Å². The number of ether oxygens (including phenoxy) is 1. The number of pyridine rings is 1. The first-order valence-electron chi connectivity index (χ1n) is 6.20. The van der Waals surface area contributed by atoms with Gasteiger partial charge in [0, 0.05) is 38.0 Å². The molecule has 0 aliphatic rings. The van der Waals surface area contributed by atoms with E-state index in [1.807, 2.05) is 12.4 Å². The molecule has 0 saturated carbocycles. The largest absolute Gasteiger partial charge is 0.377 e. The third-order valence-electron chi connectivity index (χ3n) is 3.19. The van der Waals surface area contributed by atoms with Gasteiger partial charge in [-0.25, -0.2) is 0 Å². The van der Waals surface area contributed by atoms with Crippen molar-refractivity contribution in [3.8, 4) is 0 Å². The van der Waals surface area contributed by atoms with Gasteiger partial charge in [-0.15, -0.1) is 0 Å². The summed E-state index contributed by atoms with van der Waals surface area (Å²) >= 11 is 0. The normalized spacial score (nSPS) is 11.9. The van der Waals surface area contributed by atoms with Gasteiger partial charge in [-0.3, -0.25) is 4.98 Å². The molecule has 0 atom stereocenters. The molecule has 2 aromatic rings. The minimum absolute atomic E-state index is 0.133. The number of methoxy groups -OCH3 is 1. The lowest BCUT2D eigenvalue weighted by Gasteiger charge is -2.23. The predicted molar refractivity (Wildman–Crippen MR) is 74.5 cm³/mol. The van der Waals surface area contributed by atoms with E-state index in [2.05, 4.69) is 48.4 Å². The molecule has 0 saturated heterocycles. The second-order valence-electron chi connectivity index (χ2n) is 5.08. The highest BCUT2D eigenvalue weighted by atomic mass is 16.5. The number of nitrogens with zero attached hydrogens (tertiary/aromatic N) is 1. The van der Waals surface area contributed by atoms with E-state index < -0.39 is 0 Å². The smallest absolute Gasteiger partial charge is 0.0746 e. The van der Waals surface area contributed by atoms with E-state index >= 15 is 0 Å². The van der Waals surface area contributed by atoms with Gasteiger partial charge in [0.1, 0.15) is 0 Å². The number of hydrogen-bond donors (Lipinski definition) is 1. The molecule has 1 aromatic carbocycles. The Morgan fingerprint density at radius 2 is 2.11 bits per heavy atom. The Bertz CT molecular complexity index is 517. The summed E-state index contributed by atoms with van der Waals surface area (Å²) in [5, 5.41) is 5.88. The second kappa shape index (κ2) is 5.46. The van der Waals surface area contributed by atoms with Crippen molar-refractivity contribution in [1.29, 1.82) is 0 Å². The molecular weight excluding hydrogens is 224 g/mol. The van der Waals surface area contributed by atoms with Crippen molar-refractivity contribution in [3.05, 3.63) is 42.2 Å². The third kappa shape index (κ3) is 3.06. The fraction of sp³-hybridized carbons (Fsp3) is 0.400. The van der Waals surface area contributed by atoms with Crippen molar-refractivity contribution in [3.63, 3.8) is 0 Å². The summed E-state index contributed by atoms with van der Waals surface area (Å²) in [6, 6.07) is 8.37. The maximum atomic E-state index is 5.39. The van der Waals surface area contributed by atoms with Crippen LogP contribution in [0.3, 0.4) is 0 Å². The van der Waals surface area contributed by atoms with E-state index in [9.17, 15) is 0 Å². The van der Waals surface area contributed by atoms with E-state index in [4.69, 9.17) is 4.74 Å². The standard InChI is InChI=1S/C15H20N2O/c1-15(2,18-3)11-17-10-13-6-4-5-12-9-16-8-7-14(12)13/h4-9,17H,10-11H2,1-3H3. The van der Waals surface area contributed by atoms with Crippen molar-refractivity contribution in [2.75, 3.05) is 13.7 Å². The van der Waals surface area contributed by atoms with E-state index in [1.165, 1.54) is 16.3 Å². The Kier molecular flexibility index (Phi) is 3.94. The van der Waals surface area contributed by atoms with Crippen LogP contribution in [-0.4, -0.2) is 24.2 Å². The molecule has 2 rings (SSSR count). The van der Waals surface area contributed by atoms with E-state index in [0.29, 0.717) is 0 Å². The molecule has 0 aliphatic carbocycles. The van der Waals surface area contributed by atoms with Gasteiger partial charge in [-0.2, -0.15) is 0 Å². The SMILES string of the molecule is COC(C)(C)CNCc1cccc2cnccc12. The maximum absolute atomic E-state index is 5.39. The Labute approximate surface area is 108 Å². The Balaban J connectivity index is 2.08. The molecule has 96 valence electrons. The number of nitrogens with one attached hydrogen (secondary N) is 1. The van der Waals surface area contributed by atoms with Crippen molar-refractivity contribution in [2.45, 2.75) is 26.0 Å². The van der Waals surface area contributed by atoms with Crippen LogP contribution in [0.25, 0.3) is 10.8 Å². The molecule has 1 N–H and O–H groups in total. The summed E-state index contributed by atoms with van der Waals surface area (Å²) in [5.74, 6) is 0. The van der Waals surface area contributed by atoms with Crippen molar-refractivity contribution >= 4 is 10.8 Å². The molecule has 0 amide bonds. The first kappa shape index (κ1) is 13.0. The van der Waals surface area contributed by atoms with Crippen molar-refractivity contribution < 1.29 is 4.74 Å². The minimum atomic E-state index is -0.133. The van der Waals surface area contributed by atoms with Crippen LogP contribution in [-0.2, 0) is 11.3 Å². The summed E-state index contributed by atoms with van der Waals surface area (Å²) in [5.41, 5.74) is 1.16. The summed E-state index contributed by atoms with van der Waals surface area (Å²) in [7, 11) is 1.74. The first-order chi connectivity index (χ1) is 8.62. The summed E-state index contributed by atoms with van der Waals surface area (Å²) in [4.78, 5) is 4.15. The fourth-order valence-corrected chi connectivity index (χ4v) is 1.91. The minimum Gasteiger partial charge on any atom is -0.377 e. The zero-order valence-corrected chi connectivity index (χ0v) is 11.2. The van der Waals surface area contributed by atoms with Crippen LogP contribution < -0.4 is 5.32 Å². The van der Waals surface area contributed by atoms with E-state index in [0.717, 1.165) is 13.1 Å². The molecule has 1 aromatic heterocycles. The molecule has 3 heteroatoms. The summed E-state index contributed by atoms with van der Waals surface area (Å²) < 4.78 is 5.39. The van der Waals surface area contributed by atoms with Crippen LogP contribution in [0.5, 0.6) is 0 Å². The van der Waals surface area contributed by atoms with Gasteiger partial charge in [-0.05, 0) is 30.9 Å². The van der Waals surface area contributed by atoms with Crippen LogP contribution in [0.1, 0.15) is 19.4 Å². The zero-order chi connectivity index (χ0) is 13.0. The van der Waals surface area contributed by atoms with Crippen LogP contribution >= 0.6 is 0 Å². The topological polar surface area (TPSA) is 34.1 Å². The monoisotopic (exact) mass is 244 g/mol. The third-order valence-corrected chi connectivity index (χ3v) is 3.19. The second-order valence-corrected chi connectivity index (χ2v) is 5.08. The Hall–Kier alpha value is -1.45. The fourth-order valence-electron chi connectivity index (χ4n) is 1.91. The molecule has 1 heterocycles. The van der Waals surface area contributed by atoms with Crippen LogP contribution in [0.2, 0.25) is 0 Å². The van der Waals surface area contributed by atoms with Gasteiger partial charge >= 0.3 is 0 Å². The molecule has 0 radical (unpaired) electrons. The molecule has 0 spiro atoms. The van der Waals surface area contributed by atoms with Crippen molar-refractivity contribution in [1.82, 2.24) is 10.3 Å². The number of aromatic nitrogens is 1. The summed E-state index contributed by atoms with van der Waals surface area (Å²) in [6.07, 6.45) is 3.74. The molecule has 0 aliphatic heterocycles. The van der Waals surface area contributed by atoms with Crippen LogP contribution in [0.4, 0.5) is 0 Å². The van der Waals surface area contributed by atoms with Gasteiger partial charge in [0.25, 0.3) is 0 Å². The molecule has 0 bridgehead atoms. The van der Waals surface area contributed by atoms with Crippen molar-refractivity contribution in [2.24, 2.45) is 0 Å². The van der Waals surface area contributed by atoms with Gasteiger partial charge in [-0.1, -0.05) is 18.2 Å². The molecule has 18 heavy (non-hydrogen) atoms. The number of fused-ring (bicyclic) bond motifs is 1. The highest BCUT2D eigenvalue weighted by Gasteiger charge is 2.15. The average Bonchev–Trinajstić information content (AvgIpc) is 2.39. The lowest BCUT2D eigenvalue weighted by molar-refractivity contribution is 0.0231. The van der Waals surface area contributed by atoms with Gasteiger partial charge in [0.05, 0.1) is 5.60 Å². The zero-order valence-electron chi connectivity index (χ0n) is 11.2. The lowest BCUT2D eigenvalue weighted by Crippen LogP contribution is -2.36.